The topological polar surface area (TPSA) is 21.3 Å². The first-order valence-corrected chi connectivity index (χ1v) is 6.26. The summed E-state index contributed by atoms with van der Waals surface area (Å²) in [6, 6.07) is 3.23. The zero-order valence-electron chi connectivity index (χ0n) is 9.43. The summed E-state index contributed by atoms with van der Waals surface area (Å²) in [5.74, 6) is 0.492. The minimum absolute atomic E-state index is 0. The molecule has 0 aliphatic heterocycles. The molecule has 0 aliphatic carbocycles. The number of hydrogen-bond acceptors (Lipinski definition) is 2. The van der Waals surface area contributed by atoms with Gasteiger partial charge in [0.05, 0.1) is 10.0 Å². The van der Waals surface area contributed by atoms with Crippen LogP contribution in [-0.2, 0) is 0 Å². The molecular formula is C11H15BrCl3NO. The summed E-state index contributed by atoms with van der Waals surface area (Å²) in [7, 11) is 0. The number of benzene rings is 1. The Kier molecular flexibility index (Phi) is 9.47. The first-order valence-electron chi connectivity index (χ1n) is 5.13. The van der Waals surface area contributed by atoms with E-state index in [1.54, 1.807) is 12.1 Å². The Morgan fingerprint density at radius 3 is 2.24 bits per heavy atom. The van der Waals surface area contributed by atoms with Crippen molar-refractivity contribution in [2.45, 2.75) is 13.3 Å². The molecule has 17 heavy (non-hydrogen) atoms. The fraction of sp³-hybridized carbons (Fsp3) is 0.455. The second-order valence-electron chi connectivity index (χ2n) is 3.30. The first-order chi connectivity index (χ1) is 7.65. The van der Waals surface area contributed by atoms with Crippen LogP contribution < -0.4 is 10.1 Å². The molecule has 1 N–H and O–H groups in total. The number of halogens is 4. The fourth-order valence-corrected chi connectivity index (χ4v) is 2.12. The average molecular weight is 364 g/mol. The van der Waals surface area contributed by atoms with Crippen molar-refractivity contribution in [3.05, 3.63) is 27.2 Å². The molecule has 0 aromatic heterocycles. The predicted molar refractivity (Wildman–Crippen MR) is 80.4 cm³/mol. The van der Waals surface area contributed by atoms with Gasteiger partial charge in [-0.2, -0.15) is 0 Å². The smallest absolute Gasteiger partial charge is 0.156 e. The molecule has 0 aliphatic rings. The van der Waals surface area contributed by atoms with Crippen molar-refractivity contribution in [3.8, 4) is 5.75 Å². The quantitative estimate of drug-likeness (QED) is 0.746. The van der Waals surface area contributed by atoms with Crippen LogP contribution in [0.4, 0.5) is 0 Å². The van der Waals surface area contributed by atoms with E-state index < -0.39 is 0 Å². The van der Waals surface area contributed by atoms with E-state index in [9.17, 15) is 0 Å². The van der Waals surface area contributed by atoms with Crippen LogP contribution in [-0.4, -0.2) is 19.7 Å². The SMILES string of the molecule is Br.CCCNCCOc1c(Cl)cc(Cl)cc1Cl. The predicted octanol–water partition coefficient (Wildman–Crippen LogP) is 4.60. The largest absolute Gasteiger partial charge is 0.489 e. The lowest BCUT2D eigenvalue weighted by Gasteiger charge is -2.10. The van der Waals surface area contributed by atoms with E-state index in [1.165, 1.54) is 0 Å². The van der Waals surface area contributed by atoms with Crippen molar-refractivity contribution in [3.63, 3.8) is 0 Å². The third kappa shape index (κ3) is 6.16. The Labute approximate surface area is 127 Å². The van der Waals surface area contributed by atoms with Crippen LogP contribution in [0.5, 0.6) is 5.75 Å². The van der Waals surface area contributed by atoms with Crippen LogP contribution in [0.2, 0.25) is 15.1 Å². The van der Waals surface area contributed by atoms with Gasteiger partial charge in [0, 0.05) is 11.6 Å². The maximum atomic E-state index is 5.96. The normalized spacial score (nSPS) is 9.88. The molecule has 0 bridgehead atoms. The molecule has 0 heterocycles. The zero-order chi connectivity index (χ0) is 12.0. The Morgan fingerprint density at radius 1 is 1.12 bits per heavy atom. The Balaban J connectivity index is 0.00000256. The third-order valence-electron chi connectivity index (χ3n) is 1.92. The molecule has 0 spiro atoms. The number of ether oxygens (including phenoxy) is 1. The van der Waals surface area contributed by atoms with Crippen LogP contribution in [0.15, 0.2) is 12.1 Å². The summed E-state index contributed by atoms with van der Waals surface area (Å²) < 4.78 is 5.48. The molecule has 0 unspecified atom stereocenters. The highest BCUT2D eigenvalue weighted by atomic mass is 79.9. The van der Waals surface area contributed by atoms with Crippen molar-refractivity contribution in [1.29, 1.82) is 0 Å². The van der Waals surface area contributed by atoms with Crippen molar-refractivity contribution < 1.29 is 4.74 Å². The second-order valence-corrected chi connectivity index (χ2v) is 4.55. The van der Waals surface area contributed by atoms with Gasteiger partial charge in [0.1, 0.15) is 6.61 Å². The van der Waals surface area contributed by atoms with E-state index >= 15 is 0 Å². The lowest BCUT2D eigenvalue weighted by molar-refractivity contribution is 0.314. The summed E-state index contributed by atoms with van der Waals surface area (Å²) in [6.45, 7) is 4.39. The molecular weight excluding hydrogens is 348 g/mol. The van der Waals surface area contributed by atoms with E-state index in [2.05, 4.69) is 12.2 Å². The zero-order valence-corrected chi connectivity index (χ0v) is 13.4. The van der Waals surface area contributed by atoms with Gasteiger partial charge in [-0.3, -0.25) is 0 Å². The molecule has 0 saturated carbocycles. The summed E-state index contributed by atoms with van der Waals surface area (Å²) >= 11 is 17.7. The highest BCUT2D eigenvalue weighted by molar-refractivity contribution is 8.93. The van der Waals surface area contributed by atoms with E-state index in [0.717, 1.165) is 19.5 Å². The van der Waals surface area contributed by atoms with E-state index in [0.29, 0.717) is 27.4 Å². The van der Waals surface area contributed by atoms with Crippen molar-refractivity contribution in [2.75, 3.05) is 19.7 Å². The van der Waals surface area contributed by atoms with Gasteiger partial charge in [-0.25, -0.2) is 0 Å². The summed E-state index contributed by atoms with van der Waals surface area (Å²) in [6.07, 6.45) is 1.10. The maximum Gasteiger partial charge on any atom is 0.156 e. The molecule has 0 atom stereocenters. The third-order valence-corrected chi connectivity index (χ3v) is 2.69. The van der Waals surface area contributed by atoms with Gasteiger partial charge in [-0.15, -0.1) is 17.0 Å². The standard InChI is InChI=1S/C11H14Cl3NO.BrH/c1-2-3-15-4-5-16-11-9(13)6-8(12)7-10(11)14;/h6-7,15H,2-5H2,1H3;1H. The Bertz CT molecular complexity index is 326. The van der Waals surface area contributed by atoms with E-state index in [4.69, 9.17) is 39.5 Å². The molecule has 1 aromatic rings. The molecule has 6 heteroatoms. The van der Waals surface area contributed by atoms with Gasteiger partial charge in [0.25, 0.3) is 0 Å². The molecule has 1 rings (SSSR count). The first kappa shape index (κ1) is 17.3. The van der Waals surface area contributed by atoms with Crippen LogP contribution in [0, 0.1) is 0 Å². The number of hydrogen-bond donors (Lipinski definition) is 1. The summed E-state index contributed by atoms with van der Waals surface area (Å²) in [5.41, 5.74) is 0. The van der Waals surface area contributed by atoms with Crippen LogP contribution in [0.25, 0.3) is 0 Å². The molecule has 0 radical (unpaired) electrons. The van der Waals surface area contributed by atoms with E-state index in [1.807, 2.05) is 0 Å². The summed E-state index contributed by atoms with van der Waals surface area (Å²) in [5, 5.41) is 4.60. The molecule has 1 aromatic carbocycles. The lowest BCUT2D eigenvalue weighted by atomic mass is 10.3. The molecule has 0 fully saturated rings. The number of rotatable bonds is 6. The maximum absolute atomic E-state index is 5.96. The number of nitrogens with one attached hydrogen (secondary N) is 1. The Hall–Kier alpha value is 0.330. The highest BCUT2D eigenvalue weighted by Gasteiger charge is 2.08. The van der Waals surface area contributed by atoms with Gasteiger partial charge >= 0.3 is 0 Å². The molecule has 98 valence electrons. The van der Waals surface area contributed by atoms with Crippen molar-refractivity contribution >= 4 is 51.8 Å². The summed E-state index contributed by atoms with van der Waals surface area (Å²) in [4.78, 5) is 0. The van der Waals surface area contributed by atoms with Crippen LogP contribution in [0.1, 0.15) is 13.3 Å². The van der Waals surface area contributed by atoms with Gasteiger partial charge in [0.2, 0.25) is 0 Å². The molecule has 0 saturated heterocycles. The molecule has 2 nitrogen and oxygen atoms in total. The molecule has 0 amide bonds. The fourth-order valence-electron chi connectivity index (χ4n) is 1.19. The second kappa shape index (κ2) is 9.29. The van der Waals surface area contributed by atoms with Crippen LogP contribution >= 0.6 is 51.8 Å². The van der Waals surface area contributed by atoms with Gasteiger partial charge in [-0.05, 0) is 25.1 Å². The van der Waals surface area contributed by atoms with E-state index in [-0.39, 0.29) is 17.0 Å². The van der Waals surface area contributed by atoms with Crippen LogP contribution in [0.3, 0.4) is 0 Å². The Morgan fingerprint density at radius 2 is 1.71 bits per heavy atom. The van der Waals surface area contributed by atoms with Crippen molar-refractivity contribution in [2.24, 2.45) is 0 Å². The highest BCUT2D eigenvalue weighted by Crippen LogP contribution is 2.35. The van der Waals surface area contributed by atoms with Crippen molar-refractivity contribution in [1.82, 2.24) is 5.32 Å². The van der Waals surface area contributed by atoms with Gasteiger partial charge in [-0.1, -0.05) is 41.7 Å². The monoisotopic (exact) mass is 361 g/mol. The lowest BCUT2D eigenvalue weighted by Crippen LogP contribution is -2.21. The van der Waals surface area contributed by atoms with Gasteiger partial charge < -0.3 is 10.1 Å². The average Bonchev–Trinajstić information content (AvgIpc) is 2.20. The van der Waals surface area contributed by atoms with Gasteiger partial charge in [0.15, 0.2) is 5.75 Å². The minimum atomic E-state index is 0. The minimum Gasteiger partial charge on any atom is -0.489 e.